The lowest BCUT2D eigenvalue weighted by Gasteiger charge is -2.37. The quantitative estimate of drug-likeness (QED) is 0.672. The van der Waals surface area contributed by atoms with Crippen molar-refractivity contribution < 1.29 is 9.84 Å². The summed E-state index contributed by atoms with van der Waals surface area (Å²) in [5.74, 6) is 0. The molecule has 0 spiro atoms. The monoisotopic (exact) mass is 230 g/mol. The Hall–Kier alpha value is -0.160. The zero-order valence-corrected chi connectivity index (χ0v) is 10.4. The lowest BCUT2D eigenvalue weighted by molar-refractivity contribution is 0.0139. The molecule has 4 nitrogen and oxygen atoms in total. The van der Waals surface area contributed by atoms with Gasteiger partial charge in [0.1, 0.15) is 0 Å². The number of nitrogens with zero attached hydrogens (tertiary/aromatic N) is 1. The van der Waals surface area contributed by atoms with Gasteiger partial charge in [-0.15, -0.1) is 0 Å². The molecule has 0 amide bonds. The molecular weight excluding hydrogens is 204 g/mol. The minimum absolute atomic E-state index is 0.143. The Morgan fingerprint density at radius 2 is 2.31 bits per heavy atom. The average molecular weight is 230 g/mol. The molecule has 0 aromatic heterocycles. The molecule has 4 heteroatoms. The largest absolute Gasteiger partial charge is 0.396 e. The van der Waals surface area contributed by atoms with Gasteiger partial charge < -0.3 is 15.6 Å². The summed E-state index contributed by atoms with van der Waals surface area (Å²) in [4.78, 5) is 2.44. The number of rotatable bonds is 7. The summed E-state index contributed by atoms with van der Waals surface area (Å²) in [6.45, 7) is 5.62. The SMILES string of the molecule is CCOC(CN)CN1CCCCC1CCO. The van der Waals surface area contributed by atoms with E-state index in [1.807, 2.05) is 6.92 Å². The van der Waals surface area contributed by atoms with Crippen molar-refractivity contribution in [2.24, 2.45) is 5.73 Å². The minimum atomic E-state index is 0.143. The van der Waals surface area contributed by atoms with Crippen LogP contribution >= 0.6 is 0 Å². The standard InChI is InChI=1S/C12H26N2O2/c1-2-16-12(9-13)10-14-7-4-3-5-11(14)6-8-15/h11-12,15H,2-10,13H2,1H3. The van der Waals surface area contributed by atoms with Crippen LogP contribution in [0.4, 0.5) is 0 Å². The second-order valence-corrected chi connectivity index (χ2v) is 4.47. The van der Waals surface area contributed by atoms with E-state index in [9.17, 15) is 0 Å². The second-order valence-electron chi connectivity index (χ2n) is 4.47. The molecule has 1 rings (SSSR count). The summed E-state index contributed by atoms with van der Waals surface area (Å²) in [5, 5.41) is 9.05. The number of nitrogens with two attached hydrogens (primary N) is 1. The summed E-state index contributed by atoms with van der Waals surface area (Å²) >= 11 is 0. The summed E-state index contributed by atoms with van der Waals surface area (Å²) in [7, 11) is 0. The van der Waals surface area contributed by atoms with Crippen LogP contribution in [0.5, 0.6) is 0 Å². The number of hydrogen-bond acceptors (Lipinski definition) is 4. The third-order valence-electron chi connectivity index (χ3n) is 3.31. The van der Waals surface area contributed by atoms with E-state index in [0.29, 0.717) is 12.6 Å². The van der Waals surface area contributed by atoms with Crippen molar-refractivity contribution in [1.82, 2.24) is 4.90 Å². The van der Waals surface area contributed by atoms with Crippen molar-refractivity contribution in [2.75, 3.05) is 32.8 Å². The van der Waals surface area contributed by atoms with Gasteiger partial charge in [-0.05, 0) is 32.7 Å². The van der Waals surface area contributed by atoms with Crippen LogP contribution in [0.2, 0.25) is 0 Å². The molecule has 0 aromatic carbocycles. The maximum atomic E-state index is 9.05. The fourth-order valence-corrected chi connectivity index (χ4v) is 2.47. The molecule has 1 saturated heterocycles. The Morgan fingerprint density at radius 3 is 2.94 bits per heavy atom. The maximum absolute atomic E-state index is 9.05. The molecule has 0 saturated carbocycles. The Morgan fingerprint density at radius 1 is 1.50 bits per heavy atom. The highest BCUT2D eigenvalue weighted by Crippen LogP contribution is 2.19. The first-order chi connectivity index (χ1) is 7.81. The first-order valence-electron chi connectivity index (χ1n) is 6.48. The van der Waals surface area contributed by atoms with Crippen LogP contribution in [0, 0.1) is 0 Å². The Bertz CT molecular complexity index is 176. The molecule has 1 aliphatic rings. The van der Waals surface area contributed by atoms with Gasteiger partial charge in [0.05, 0.1) is 6.10 Å². The molecule has 96 valence electrons. The van der Waals surface area contributed by atoms with E-state index in [-0.39, 0.29) is 12.7 Å². The van der Waals surface area contributed by atoms with Crippen molar-refractivity contribution >= 4 is 0 Å². The van der Waals surface area contributed by atoms with Crippen molar-refractivity contribution in [2.45, 2.75) is 44.8 Å². The normalized spacial score (nSPS) is 24.6. The van der Waals surface area contributed by atoms with E-state index in [2.05, 4.69) is 4.90 Å². The lowest BCUT2D eigenvalue weighted by Crippen LogP contribution is -2.46. The molecule has 16 heavy (non-hydrogen) atoms. The third-order valence-corrected chi connectivity index (χ3v) is 3.31. The predicted molar refractivity (Wildman–Crippen MR) is 65.4 cm³/mol. The van der Waals surface area contributed by atoms with Gasteiger partial charge in [-0.25, -0.2) is 0 Å². The highest BCUT2D eigenvalue weighted by atomic mass is 16.5. The van der Waals surface area contributed by atoms with Gasteiger partial charge in [0, 0.05) is 32.3 Å². The van der Waals surface area contributed by atoms with E-state index in [1.54, 1.807) is 0 Å². The molecule has 3 N–H and O–H groups in total. The Kier molecular flexibility index (Phi) is 6.96. The van der Waals surface area contributed by atoms with Gasteiger partial charge in [-0.1, -0.05) is 6.42 Å². The number of piperidine rings is 1. The van der Waals surface area contributed by atoms with E-state index in [1.165, 1.54) is 19.3 Å². The molecule has 0 bridgehead atoms. The second kappa shape index (κ2) is 8.01. The van der Waals surface area contributed by atoms with Gasteiger partial charge in [-0.3, -0.25) is 4.90 Å². The lowest BCUT2D eigenvalue weighted by atomic mass is 9.99. The van der Waals surface area contributed by atoms with Crippen molar-refractivity contribution in [3.8, 4) is 0 Å². The number of ether oxygens (including phenoxy) is 1. The predicted octanol–water partition coefficient (Wildman–Crippen LogP) is 0.587. The van der Waals surface area contributed by atoms with Gasteiger partial charge in [0.15, 0.2) is 0 Å². The van der Waals surface area contributed by atoms with E-state index >= 15 is 0 Å². The maximum Gasteiger partial charge on any atom is 0.0823 e. The number of likely N-dealkylation sites (tertiary alicyclic amines) is 1. The summed E-state index contributed by atoms with van der Waals surface area (Å²) < 4.78 is 5.59. The number of aliphatic hydroxyl groups excluding tert-OH is 1. The first kappa shape index (κ1) is 13.9. The van der Waals surface area contributed by atoms with Crippen LogP contribution in [-0.4, -0.2) is 55.0 Å². The molecule has 2 unspecified atom stereocenters. The molecule has 2 atom stereocenters. The molecule has 0 radical (unpaired) electrons. The minimum Gasteiger partial charge on any atom is -0.396 e. The van der Waals surface area contributed by atoms with Crippen molar-refractivity contribution in [1.29, 1.82) is 0 Å². The molecular formula is C12H26N2O2. The zero-order chi connectivity index (χ0) is 11.8. The number of aliphatic hydroxyl groups is 1. The van der Waals surface area contributed by atoms with E-state index in [0.717, 1.165) is 26.1 Å². The van der Waals surface area contributed by atoms with Gasteiger partial charge in [-0.2, -0.15) is 0 Å². The van der Waals surface area contributed by atoms with Gasteiger partial charge in [0.2, 0.25) is 0 Å². The molecule has 0 aliphatic carbocycles. The van der Waals surface area contributed by atoms with E-state index < -0.39 is 0 Å². The van der Waals surface area contributed by atoms with Gasteiger partial charge in [0.25, 0.3) is 0 Å². The van der Waals surface area contributed by atoms with Crippen LogP contribution in [0.25, 0.3) is 0 Å². The fraction of sp³-hybridized carbons (Fsp3) is 1.00. The summed E-state index contributed by atoms with van der Waals surface area (Å²) in [6, 6.07) is 0.522. The number of hydrogen-bond donors (Lipinski definition) is 2. The fourth-order valence-electron chi connectivity index (χ4n) is 2.47. The van der Waals surface area contributed by atoms with Crippen molar-refractivity contribution in [3.05, 3.63) is 0 Å². The highest BCUT2D eigenvalue weighted by Gasteiger charge is 2.24. The summed E-state index contributed by atoms with van der Waals surface area (Å²) in [6.07, 6.45) is 4.76. The molecule has 1 heterocycles. The van der Waals surface area contributed by atoms with Crippen LogP contribution in [0.3, 0.4) is 0 Å². The molecule has 1 aliphatic heterocycles. The summed E-state index contributed by atoms with van der Waals surface area (Å²) in [5.41, 5.74) is 5.69. The van der Waals surface area contributed by atoms with Crippen molar-refractivity contribution in [3.63, 3.8) is 0 Å². The van der Waals surface area contributed by atoms with Crippen LogP contribution in [0.15, 0.2) is 0 Å². The van der Waals surface area contributed by atoms with Crippen LogP contribution < -0.4 is 5.73 Å². The highest BCUT2D eigenvalue weighted by molar-refractivity contribution is 4.79. The first-order valence-corrected chi connectivity index (χ1v) is 6.48. The zero-order valence-electron chi connectivity index (χ0n) is 10.4. The van der Waals surface area contributed by atoms with Gasteiger partial charge >= 0.3 is 0 Å². The Balaban J connectivity index is 2.40. The third kappa shape index (κ3) is 4.37. The topological polar surface area (TPSA) is 58.7 Å². The average Bonchev–Trinajstić information content (AvgIpc) is 2.31. The van der Waals surface area contributed by atoms with E-state index in [4.69, 9.17) is 15.6 Å². The molecule has 0 aromatic rings. The molecule has 1 fully saturated rings. The van der Waals surface area contributed by atoms with Crippen LogP contribution in [-0.2, 0) is 4.74 Å². The van der Waals surface area contributed by atoms with Crippen LogP contribution in [0.1, 0.15) is 32.6 Å². The Labute approximate surface area is 98.8 Å². The smallest absolute Gasteiger partial charge is 0.0823 e.